The van der Waals surface area contributed by atoms with E-state index in [1.165, 1.54) is 4.31 Å². The molecule has 0 aromatic carbocycles. The van der Waals surface area contributed by atoms with Gasteiger partial charge in [-0.3, -0.25) is 0 Å². The fourth-order valence-electron chi connectivity index (χ4n) is 3.44. The van der Waals surface area contributed by atoms with Crippen molar-refractivity contribution in [2.75, 3.05) is 13.1 Å². The molecule has 7 nitrogen and oxygen atoms in total. The van der Waals surface area contributed by atoms with E-state index >= 15 is 0 Å². The van der Waals surface area contributed by atoms with E-state index in [-0.39, 0.29) is 28.4 Å². The number of hydrogen-bond acceptors (Lipinski definition) is 5. The summed E-state index contributed by atoms with van der Waals surface area (Å²) in [6, 6.07) is 3.60. The van der Waals surface area contributed by atoms with E-state index in [0.29, 0.717) is 13.1 Å². The van der Waals surface area contributed by atoms with Gasteiger partial charge in [0.1, 0.15) is 12.1 Å². The second-order valence-corrected chi connectivity index (χ2v) is 9.50. The summed E-state index contributed by atoms with van der Waals surface area (Å²) in [6.45, 7) is 9.32. The van der Waals surface area contributed by atoms with E-state index in [2.05, 4.69) is 37.7 Å². The molecule has 0 fully saturated rings. The van der Waals surface area contributed by atoms with E-state index in [1.807, 2.05) is 6.07 Å². The lowest BCUT2D eigenvalue weighted by Gasteiger charge is -2.29. The largest absolute Gasteiger partial charge is 0.318 e. The van der Waals surface area contributed by atoms with Crippen molar-refractivity contribution in [3.8, 4) is 12.1 Å². The third-order valence-corrected chi connectivity index (χ3v) is 7.15. The van der Waals surface area contributed by atoms with Gasteiger partial charge in [-0.15, -0.1) is 0 Å². The zero-order chi connectivity index (χ0) is 21.9. The topological polar surface area (TPSA) is 114 Å². The van der Waals surface area contributed by atoms with Crippen LogP contribution >= 0.6 is 0 Å². The molecular weight excluding hydrogens is 386 g/mol. The molecule has 0 saturated carbocycles. The Kier molecular flexibility index (Phi) is 10.9. The van der Waals surface area contributed by atoms with Crippen molar-refractivity contribution in [2.24, 2.45) is 11.8 Å². The second-order valence-electron chi connectivity index (χ2n) is 7.64. The summed E-state index contributed by atoms with van der Waals surface area (Å²) in [5.41, 5.74) is -0.288. The van der Waals surface area contributed by atoms with Crippen LogP contribution in [0, 0.1) is 34.5 Å². The number of nitriles is 2. The number of nitrogens with zero attached hydrogens (tertiary/aromatic N) is 4. The summed E-state index contributed by atoms with van der Waals surface area (Å²) in [6.07, 6.45) is 8.06. The molecule has 0 spiro atoms. The summed E-state index contributed by atoms with van der Waals surface area (Å²) in [5, 5.41) is 18.0. The van der Waals surface area contributed by atoms with Gasteiger partial charge >= 0.3 is 0 Å². The van der Waals surface area contributed by atoms with Crippen LogP contribution in [-0.4, -0.2) is 35.8 Å². The lowest BCUT2D eigenvalue weighted by molar-refractivity contribution is 0.269. The van der Waals surface area contributed by atoms with E-state index < -0.39 is 10.0 Å². The molecule has 2 unspecified atom stereocenters. The summed E-state index contributed by atoms with van der Waals surface area (Å²) in [5.74, 6) is 0.545. The summed E-state index contributed by atoms with van der Waals surface area (Å²) >= 11 is 0. The quantitative estimate of drug-likeness (QED) is 0.472. The van der Waals surface area contributed by atoms with Gasteiger partial charge < -0.3 is 4.98 Å². The Morgan fingerprint density at radius 1 is 0.966 bits per heavy atom. The predicted octanol–water partition coefficient (Wildman–Crippen LogP) is 4.58. The molecule has 1 aromatic rings. The van der Waals surface area contributed by atoms with E-state index in [9.17, 15) is 8.42 Å². The molecule has 162 valence electrons. The molecule has 29 heavy (non-hydrogen) atoms. The van der Waals surface area contributed by atoms with Crippen molar-refractivity contribution in [1.82, 2.24) is 14.3 Å². The first kappa shape index (κ1) is 25.1. The van der Waals surface area contributed by atoms with Crippen molar-refractivity contribution in [3.05, 3.63) is 11.4 Å². The molecule has 1 aromatic heterocycles. The molecule has 1 rings (SSSR count). The van der Waals surface area contributed by atoms with Gasteiger partial charge in [-0.1, -0.05) is 66.2 Å². The minimum atomic E-state index is -3.92. The van der Waals surface area contributed by atoms with Gasteiger partial charge in [0.05, 0.1) is 0 Å². The van der Waals surface area contributed by atoms with Crippen LogP contribution in [0.1, 0.15) is 90.4 Å². The van der Waals surface area contributed by atoms with Gasteiger partial charge in [-0.2, -0.15) is 14.8 Å². The number of hydrogen-bond donors (Lipinski definition) is 1. The fourth-order valence-corrected chi connectivity index (χ4v) is 4.94. The van der Waals surface area contributed by atoms with Gasteiger partial charge in [-0.05, 0) is 24.7 Å². The summed E-state index contributed by atoms with van der Waals surface area (Å²) in [4.78, 5) is 6.46. The molecule has 0 aliphatic carbocycles. The number of sulfonamides is 1. The average Bonchev–Trinajstić information content (AvgIpc) is 3.16. The number of unbranched alkanes of at least 4 members (excludes halogenated alkanes) is 2. The summed E-state index contributed by atoms with van der Waals surface area (Å²) in [7, 11) is -3.92. The van der Waals surface area contributed by atoms with Gasteiger partial charge in [0.2, 0.25) is 5.16 Å². The first-order chi connectivity index (χ1) is 13.9. The van der Waals surface area contributed by atoms with Crippen LogP contribution in [0.15, 0.2) is 5.16 Å². The first-order valence-electron chi connectivity index (χ1n) is 10.8. The first-order valence-corrected chi connectivity index (χ1v) is 12.2. The fraction of sp³-hybridized carbons (Fsp3) is 0.762. The molecule has 2 atom stereocenters. The molecule has 1 N–H and O–H groups in total. The van der Waals surface area contributed by atoms with E-state index in [4.69, 9.17) is 10.5 Å². The Balaban J connectivity index is 3.24. The Labute approximate surface area is 176 Å². The standard InChI is InChI=1S/C21H35N5O2S/c1-5-9-11-17(7-3)15-26(16-18(8-4)12-10-6-2)29(27,28)21-24-19(13-22)20(14-23)25-21/h17-18H,5-12,15-16H2,1-4H3,(H,24,25). The van der Waals surface area contributed by atoms with Crippen LogP contribution in [-0.2, 0) is 10.0 Å². The number of aromatic amines is 1. The van der Waals surface area contributed by atoms with Crippen LogP contribution in [0.4, 0.5) is 0 Å². The molecule has 0 amide bonds. The zero-order valence-electron chi connectivity index (χ0n) is 18.2. The highest BCUT2D eigenvalue weighted by Crippen LogP contribution is 2.24. The molecule has 0 saturated heterocycles. The minimum Gasteiger partial charge on any atom is -0.318 e. The molecule has 0 bridgehead atoms. The number of aromatic nitrogens is 2. The third kappa shape index (κ3) is 7.13. The predicted molar refractivity (Wildman–Crippen MR) is 113 cm³/mol. The van der Waals surface area contributed by atoms with Gasteiger partial charge in [0, 0.05) is 13.1 Å². The van der Waals surface area contributed by atoms with Gasteiger partial charge in [0.15, 0.2) is 11.4 Å². The number of rotatable bonds is 14. The molecule has 0 aliphatic heterocycles. The number of H-pyrrole nitrogens is 1. The molecule has 1 heterocycles. The third-order valence-electron chi connectivity index (χ3n) is 5.49. The van der Waals surface area contributed by atoms with E-state index in [1.54, 1.807) is 6.07 Å². The molecule has 0 radical (unpaired) electrons. The maximum Gasteiger partial charge on any atom is 0.276 e. The van der Waals surface area contributed by atoms with Crippen molar-refractivity contribution in [3.63, 3.8) is 0 Å². The maximum absolute atomic E-state index is 13.4. The number of imidazole rings is 1. The maximum atomic E-state index is 13.4. The highest BCUT2D eigenvalue weighted by molar-refractivity contribution is 7.89. The van der Waals surface area contributed by atoms with Crippen LogP contribution in [0.3, 0.4) is 0 Å². The van der Waals surface area contributed by atoms with Crippen LogP contribution in [0.2, 0.25) is 0 Å². The minimum absolute atomic E-state index is 0.109. The lowest BCUT2D eigenvalue weighted by atomic mass is 9.97. The Morgan fingerprint density at radius 2 is 1.48 bits per heavy atom. The molecule has 8 heteroatoms. The number of nitrogens with one attached hydrogen (secondary N) is 1. The average molecular weight is 422 g/mol. The Bertz CT molecular complexity index is 755. The smallest absolute Gasteiger partial charge is 0.276 e. The van der Waals surface area contributed by atoms with Crippen molar-refractivity contribution in [2.45, 2.75) is 84.2 Å². The van der Waals surface area contributed by atoms with Crippen LogP contribution in [0.25, 0.3) is 0 Å². The molecular formula is C21H35N5O2S. The SMILES string of the molecule is CCCCC(CC)CN(CC(CC)CCCC)S(=O)(=O)c1nc(C#N)c(C#N)[nH]1. The van der Waals surface area contributed by atoms with Crippen molar-refractivity contribution >= 4 is 10.0 Å². The zero-order valence-corrected chi connectivity index (χ0v) is 19.1. The monoisotopic (exact) mass is 421 g/mol. The van der Waals surface area contributed by atoms with Crippen LogP contribution in [0.5, 0.6) is 0 Å². The van der Waals surface area contributed by atoms with Crippen molar-refractivity contribution < 1.29 is 8.42 Å². The normalized spacial score (nSPS) is 13.8. The summed E-state index contributed by atoms with van der Waals surface area (Å²) < 4.78 is 28.3. The Morgan fingerprint density at radius 3 is 1.83 bits per heavy atom. The van der Waals surface area contributed by atoms with Crippen molar-refractivity contribution in [1.29, 1.82) is 10.5 Å². The highest BCUT2D eigenvalue weighted by Gasteiger charge is 2.32. The Hall–Kier alpha value is -1.90. The van der Waals surface area contributed by atoms with Crippen LogP contribution < -0.4 is 0 Å². The lowest BCUT2D eigenvalue weighted by Crippen LogP contribution is -2.39. The second kappa shape index (κ2) is 12.6. The van der Waals surface area contributed by atoms with Gasteiger partial charge in [-0.25, -0.2) is 13.4 Å². The van der Waals surface area contributed by atoms with E-state index in [0.717, 1.165) is 51.4 Å². The highest BCUT2D eigenvalue weighted by atomic mass is 32.2. The van der Waals surface area contributed by atoms with Gasteiger partial charge in [0.25, 0.3) is 10.0 Å². The molecule has 0 aliphatic rings.